The van der Waals surface area contributed by atoms with Gasteiger partial charge in [-0.15, -0.1) is 0 Å². The molecule has 10 nitrogen and oxygen atoms in total. The fraction of sp³-hybridized carbons (Fsp3) is 0. The normalized spacial score (nSPS) is 11.1. The Hall–Kier alpha value is -4.15. The van der Waals surface area contributed by atoms with Crippen molar-refractivity contribution in [1.29, 1.82) is 0 Å². The lowest BCUT2D eigenvalue weighted by atomic mass is 10.0. The third-order valence-electron chi connectivity index (χ3n) is 4.03. The molecule has 9 N–H and O–H groups in total. The van der Waals surface area contributed by atoms with E-state index < -0.39 is 16.9 Å². The van der Waals surface area contributed by atoms with Crippen LogP contribution in [0.5, 0.6) is 0 Å². The number of nitrogen functional groups attached to an aromatic ring is 3. The van der Waals surface area contributed by atoms with Crippen LogP contribution in [0.2, 0.25) is 0 Å². The average Bonchev–Trinajstić information content (AvgIpc) is 2.94. The molecule has 0 saturated heterocycles. The summed E-state index contributed by atoms with van der Waals surface area (Å²) >= 11 is 0. The number of H-pyrrole nitrogens is 3. The van der Waals surface area contributed by atoms with Crippen molar-refractivity contribution in [2.75, 3.05) is 17.2 Å². The molecule has 0 aliphatic carbocycles. The van der Waals surface area contributed by atoms with Gasteiger partial charge in [0.25, 0.3) is 11.1 Å². The van der Waals surface area contributed by atoms with Crippen LogP contribution in [0, 0.1) is 5.82 Å². The van der Waals surface area contributed by atoms with Crippen molar-refractivity contribution in [2.24, 2.45) is 0 Å². The monoisotopic (exact) mass is 368 g/mol. The SMILES string of the molecule is Nc1nc(N)c(-c2c(-c3ccc(F)cc3)[nH]c3nc(N)[nH]c(=O)c23)c(=O)[nH]1. The molecule has 3 aromatic heterocycles. The molecule has 136 valence electrons. The number of hydrogen-bond donors (Lipinski definition) is 6. The van der Waals surface area contributed by atoms with E-state index in [1.807, 2.05) is 0 Å². The Kier molecular flexibility index (Phi) is 3.44. The number of aromatic nitrogens is 5. The van der Waals surface area contributed by atoms with Crippen molar-refractivity contribution < 1.29 is 4.39 Å². The number of aromatic amines is 3. The second-order valence-electron chi connectivity index (χ2n) is 5.77. The van der Waals surface area contributed by atoms with Crippen LogP contribution in [0.1, 0.15) is 0 Å². The Labute approximate surface area is 149 Å². The summed E-state index contributed by atoms with van der Waals surface area (Å²) in [6.45, 7) is 0. The summed E-state index contributed by atoms with van der Waals surface area (Å²) in [5.41, 5.74) is 16.9. The van der Waals surface area contributed by atoms with E-state index in [2.05, 4.69) is 24.9 Å². The van der Waals surface area contributed by atoms with Gasteiger partial charge >= 0.3 is 0 Å². The summed E-state index contributed by atoms with van der Waals surface area (Å²) in [6.07, 6.45) is 0. The highest BCUT2D eigenvalue weighted by atomic mass is 19.1. The molecule has 0 saturated carbocycles. The number of fused-ring (bicyclic) bond motifs is 1. The minimum absolute atomic E-state index is 0.0623. The molecule has 11 heteroatoms. The number of nitrogens with one attached hydrogen (secondary N) is 3. The van der Waals surface area contributed by atoms with Crippen LogP contribution in [0.3, 0.4) is 0 Å². The maximum Gasteiger partial charge on any atom is 0.262 e. The molecular formula is C16H13FN8O2. The molecule has 3 heterocycles. The molecule has 1 aromatic carbocycles. The third kappa shape index (κ3) is 2.57. The van der Waals surface area contributed by atoms with Crippen LogP contribution in [0.15, 0.2) is 33.9 Å². The predicted molar refractivity (Wildman–Crippen MR) is 99.2 cm³/mol. The maximum absolute atomic E-state index is 13.3. The summed E-state index contributed by atoms with van der Waals surface area (Å²) in [7, 11) is 0. The molecule has 4 rings (SSSR count). The maximum atomic E-state index is 13.3. The smallest absolute Gasteiger partial charge is 0.262 e. The van der Waals surface area contributed by atoms with E-state index in [1.165, 1.54) is 24.3 Å². The van der Waals surface area contributed by atoms with E-state index in [-0.39, 0.29) is 39.9 Å². The summed E-state index contributed by atoms with van der Waals surface area (Å²) in [5.74, 6) is -0.885. The molecule has 0 radical (unpaired) electrons. The summed E-state index contributed by atoms with van der Waals surface area (Å²) in [5, 5.41) is 0.0623. The van der Waals surface area contributed by atoms with E-state index in [4.69, 9.17) is 17.2 Å². The van der Waals surface area contributed by atoms with Crippen molar-refractivity contribution in [3.8, 4) is 22.4 Å². The van der Waals surface area contributed by atoms with Gasteiger partial charge in [-0.3, -0.25) is 19.6 Å². The summed E-state index contributed by atoms with van der Waals surface area (Å²) in [4.78, 5) is 40.7. The zero-order valence-electron chi connectivity index (χ0n) is 13.6. The average molecular weight is 368 g/mol. The van der Waals surface area contributed by atoms with Gasteiger partial charge in [0.2, 0.25) is 11.9 Å². The molecule has 0 aliphatic heterocycles. The largest absolute Gasteiger partial charge is 0.383 e. The van der Waals surface area contributed by atoms with Crippen LogP contribution in [0.25, 0.3) is 33.4 Å². The Morgan fingerprint density at radius 2 is 1.44 bits per heavy atom. The Morgan fingerprint density at radius 3 is 2.11 bits per heavy atom. The van der Waals surface area contributed by atoms with Crippen molar-refractivity contribution >= 4 is 28.7 Å². The minimum atomic E-state index is -0.638. The van der Waals surface area contributed by atoms with Gasteiger partial charge in [-0.05, 0) is 29.8 Å². The Balaban J connectivity index is 2.18. The predicted octanol–water partition coefficient (Wildman–Crippen LogP) is 0.554. The van der Waals surface area contributed by atoms with Gasteiger partial charge < -0.3 is 22.2 Å². The van der Waals surface area contributed by atoms with E-state index in [0.29, 0.717) is 11.3 Å². The first-order chi connectivity index (χ1) is 12.8. The first kappa shape index (κ1) is 16.3. The van der Waals surface area contributed by atoms with E-state index >= 15 is 0 Å². The minimum Gasteiger partial charge on any atom is -0.383 e. The second-order valence-corrected chi connectivity index (χ2v) is 5.77. The van der Waals surface area contributed by atoms with Crippen LogP contribution in [-0.2, 0) is 0 Å². The number of hydrogen-bond acceptors (Lipinski definition) is 7. The molecule has 0 aliphatic rings. The fourth-order valence-electron chi connectivity index (χ4n) is 2.95. The molecule has 0 amide bonds. The molecular weight excluding hydrogens is 355 g/mol. The molecule has 27 heavy (non-hydrogen) atoms. The Bertz CT molecular complexity index is 1300. The lowest BCUT2D eigenvalue weighted by Crippen LogP contribution is -2.18. The van der Waals surface area contributed by atoms with Gasteiger partial charge in [0.15, 0.2) is 0 Å². The van der Waals surface area contributed by atoms with Crippen molar-refractivity contribution in [2.45, 2.75) is 0 Å². The van der Waals surface area contributed by atoms with Crippen LogP contribution in [0.4, 0.5) is 22.1 Å². The van der Waals surface area contributed by atoms with E-state index in [1.54, 1.807) is 0 Å². The van der Waals surface area contributed by atoms with Crippen molar-refractivity contribution in [3.63, 3.8) is 0 Å². The molecule has 0 atom stereocenters. The molecule has 0 spiro atoms. The van der Waals surface area contributed by atoms with Crippen LogP contribution >= 0.6 is 0 Å². The van der Waals surface area contributed by atoms with Crippen molar-refractivity contribution in [1.82, 2.24) is 24.9 Å². The van der Waals surface area contributed by atoms with Gasteiger partial charge in [0.1, 0.15) is 17.3 Å². The second kappa shape index (κ2) is 5.69. The number of nitrogens with two attached hydrogens (primary N) is 3. The highest BCUT2D eigenvalue weighted by Gasteiger charge is 2.24. The molecule has 0 unspecified atom stereocenters. The first-order valence-corrected chi connectivity index (χ1v) is 7.68. The number of halogens is 1. The van der Waals surface area contributed by atoms with Crippen molar-refractivity contribution in [3.05, 3.63) is 50.8 Å². The van der Waals surface area contributed by atoms with Gasteiger partial charge in [-0.1, -0.05) is 0 Å². The van der Waals surface area contributed by atoms with E-state index in [9.17, 15) is 14.0 Å². The zero-order valence-corrected chi connectivity index (χ0v) is 13.6. The zero-order chi connectivity index (χ0) is 19.3. The van der Waals surface area contributed by atoms with Gasteiger partial charge in [-0.25, -0.2) is 4.39 Å². The lowest BCUT2D eigenvalue weighted by Gasteiger charge is -2.07. The molecule has 0 bridgehead atoms. The standard InChI is InChI=1S/C16H13FN8O2/c17-6-3-1-5(2-4-6)10-7(8-11(18)22-15(19)24-13(8)26)9-12(21-10)23-16(20)25-14(9)27/h1-4H,(H5,18,19,22,24,26)(H4,20,21,23,25,27). The van der Waals surface area contributed by atoms with Gasteiger partial charge in [0, 0.05) is 5.56 Å². The first-order valence-electron chi connectivity index (χ1n) is 7.68. The van der Waals surface area contributed by atoms with Gasteiger partial charge in [-0.2, -0.15) is 9.97 Å². The quantitative estimate of drug-likeness (QED) is 0.298. The van der Waals surface area contributed by atoms with Crippen LogP contribution < -0.4 is 28.3 Å². The number of rotatable bonds is 2. The summed E-state index contributed by atoms with van der Waals surface area (Å²) < 4.78 is 13.3. The molecule has 0 fully saturated rings. The molecule has 4 aromatic rings. The number of nitrogens with zero attached hydrogens (tertiary/aromatic N) is 2. The summed E-state index contributed by atoms with van der Waals surface area (Å²) in [6, 6.07) is 5.45. The third-order valence-corrected chi connectivity index (χ3v) is 4.03. The van der Waals surface area contributed by atoms with Crippen LogP contribution in [-0.4, -0.2) is 24.9 Å². The van der Waals surface area contributed by atoms with E-state index in [0.717, 1.165) is 0 Å². The fourth-order valence-corrected chi connectivity index (χ4v) is 2.95. The topological polar surface area (TPSA) is 185 Å². The highest BCUT2D eigenvalue weighted by Crippen LogP contribution is 2.36. The van der Waals surface area contributed by atoms with Gasteiger partial charge in [0.05, 0.1) is 16.6 Å². The lowest BCUT2D eigenvalue weighted by molar-refractivity contribution is 0.628. The number of benzene rings is 1. The Morgan fingerprint density at radius 1 is 0.815 bits per heavy atom. The number of anilines is 3. The highest BCUT2D eigenvalue weighted by molar-refractivity contribution is 6.04.